The molecular formula is C20H19ClN2O5. The van der Waals surface area contributed by atoms with E-state index in [1.54, 1.807) is 18.4 Å². The molecule has 1 saturated heterocycles. The Labute approximate surface area is 165 Å². The average molecular weight is 403 g/mol. The summed E-state index contributed by atoms with van der Waals surface area (Å²) in [5, 5.41) is 3.62. The SMILES string of the molecule is O=C(NCC(c1ccco1)N1CCOCC1)c1cc(=O)c2cc(Cl)ccc2o1. The molecule has 4 rings (SSSR count). The lowest BCUT2D eigenvalue weighted by Gasteiger charge is -2.33. The number of nitrogens with one attached hydrogen (secondary N) is 1. The van der Waals surface area contributed by atoms with Crippen LogP contribution in [0.15, 0.2) is 56.3 Å². The van der Waals surface area contributed by atoms with Crippen molar-refractivity contribution in [3.63, 3.8) is 0 Å². The molecule has 0 radical (unpaired) electrons. The van der Waals surface area contributed by atoms with Gasteiger partial charge in [0.15, 0.2) is 11.2 Å². The monoisotopic (exact) mass is 402 g/mol. The molecule has 2 aromatic heterocycles. The van der Waals surface area contributed by atoms with Crippen LogP contribution in [0, 0.1) is 0 Å². The second-order valence-electron chi connectivity index (χ2n) is 6.50. The molecule has 1 N–H and O–H groups in total. The van der Waals surface area contributed by atoms with Crippen molar-refractivity contribution in [1.29, 1.82) is 0 Å². The van der Waals surface area contributed by atoms with Crippen molar-refractivity contribution in [3.8, 4) is 0 Å². The first-order chi connectivity index (χ1) is 13.6. The van der Waals surface area contributed by atoms with Crippen LogP contribution in [0.2, 0.25) is 5.02 Å². The number of morpholine rings is 1. The second-order valence-corrected chi connectivity index (χ2v) is 6.94. The van der Waals surface area contributed by atoms with Crippen LogP contribution in [0.25, 0.3) is 11.0 Å². The number of hydrogen-bond donors (Lipinski definition) is 1. The molecule has 3 aromatic rings. The van der Waals surface area contributed by atoms with Crippen molar-refractivity contribution in [1.82, 2.24) is 10.2 Å². The predicted octanol–water partition coefficient (Wildman–Crippen LogP) is 2.84. The summed E-state index contributed by atoms with van der Waals surface area (Å²) >= 11 is 5.92. The van der Waals surface area contributed by atoms with Gasteiger partial charge in [-0.3, -0.25) is 14.5 Å². The van der Waals surface area contributed by atoms with Gasteiger partial charge in [0.2, 0.25) is 0 Å². The lowest BCUT2D eigenvalue weighted by Crippen LogP contribution is -2.43. The number of rotatable bonds is 5. The Morgan fingerprint density at radius 3 is 2.79 bits per heavy atom. The number of carbonyl (C=O) groups is 1. The van der Waals surface area contributed by atoms with E-state index in [2.05, 4.69) is 10.2 Å². The van der Waals surface area contributed by atoms with Crippen LogP contribution in [0.1, 0.15) is 22.4 Å². The van der Waals surface area contributed by atoms with Gasteiger partial charge in [-0.2, -0.15) is 0 Å². The zero-order valence-corrected chi connectivity index (χ0v) is 15.8. The maximum Gasteiger partial charge on any atom is 0.287 e. The summed E-state index contributed by atoms with van der Waals surface area (Å²) in [5.74, 6) is 0.260. The summed E-state index contributed by atoms with van der Waals surface area (Å²) in [6.07, 6.45) is 1.61. The fraction of sp³-hybridized carbons (Fsp3) is 0.300. The van der Waals surface area contributed by atoms with E-state index in [9.17, 15) is 9.59 Å². The Bertz CT molecular complexity index is 1020. The van der Waals surface area contributed by atoms with Crippen molar-refractivity contribution in [2.45, 2.75) is 6.04 Å². The van der Waals surface area contributed by atoms with E-state index in [1.165, 1.54) is 12.1 Å². The summed E-state index contributed by atoms with van der Waals surface area (Å²) in [6, 6.07) is 9.47. The molecule has 0 aliphatic carbocycles. The molecule has 1 amide bonds. The van der Waals surface area contributed by atoms with Gasteiger partial charge in [0.25, 0.3) is 5.91 Å². The highest BCUT2D eigenvalue weighted by Crippen LogP contribution is 2.22. The maximum atomic E-state index is 12.6. The van der Waals surface area contributed by atoms with E-state index < -0.39 is 5.91 Å². The van der Waals surface area contributed by atoms with Crippen molar-refractivity contribution < 1.29 is 18.4 Å². The third-order valence-electron chi connectivity index (χ3n) is 4.73. The van der Waals surface area contributed by atoms with E-state index in [0.29, 0.717) is 35.8 Å². The van der Waals surface area contributed by atoms with E-state index >= 15 is 0 Å². The largest absolute Gasteiger partial charge is 0.468 e. The fourth-order valence-electron chi connectivity index (χ4n) is 3.30. The van der Waals surface area contributed by atoms with Crippen LogP contribution in [0.5, 0.6) is 0 Å². The Kier molecular flexibility index (Phi) is 5.47. The van der Waals surface area contributed by atoms with Crippen LogP contribution in [-0.4, -0.2) is 43.7 Å². The molecule has 1 fully saturated rings. The van der Waals surface area contributed by atoms with Gasteiger partial charge in [0, 0.05) is 30.7 Å². The number of halogens is 1. The molecule has 146 valence electrons. The number of carbonyl (C=O) groups excluding carboxylic acids is 1. The summed E-state index contributed by atoms with van der Waals surface area (Å²) in [5.41, 5.74) is 0.00229. The van der Waals surface area contributed by atoms with Gasteiger partial charge in [-0.1, -0.05) is 11.6 Å². The average Bonchev–Trinajstić information content (AvgIpc) is 3.24. The molecule has 1 atom stereocenters. The van der Waals surface area contributed by atoms with E-state index in [4.69, 9.17) is 25.2 Å². The molecule has 7 nitrogen and oxygen atoms in total. The molecule has 8 heteroatoms. The minimum Gasteiger partial charge on any atom is -0.468 e. The predicted molar refractivity (Wildman–Crippen MR) is 104 cm³/mol. The summed E-state index contributed by atoms with van der Waals surface area (Å²) in [7, 11) is 0. The number of amides is 1. The summed E-state index contributed by atoms with van der Waals surface area (Å²) in [4.78, 5) is 27.1. The van der Waals surface area contributed by atoms with Gasteiger partial charge in [-0.15, -0.1) is 0 Å². The van der Waals surface area contributed by atoms with Crippen LogP contribution in [0.3, 0.4) is 0 Å². The third kappa shape index (κ3) is 3.96. The Morgan fingerprint density at radius 2 is 2.04 bits per heavy atom. The first kappa shape index (κ1) is 18.7. The first-order valence-corrected chi connectivity index (χ1v) is 9.36. The molecular weight excluding hydrogens is 384 g/mol. The Morgan fingerprint density at radius 1 is 1.21 bits per heavy atom. The standard InChI is InChI=1S/C20H19ClN2O5/c21-13-3-4-17-14(10-13)16(24)11-19(28-17)20(25)22-12-15(18-2-1-7-27-18)23-5-8-26-9-6-23/h1-4,7,10-11,15H,5-6,8-9,12H2,(H,22,25). The molecule has 0 saturated carbocycles. The van der Waals surface area contributed by atoms with Gasteiger partial charge >= 0.3 is 0 Å². The number of nitrogens with zero attached hydrogens (tertiary/aromatic N) is 1. The number of hydrogen-bond acceptors (Lipinski definition) is 6. The molecule has 3 heterocycles. The number of fused-ring (bicyclic) bond motifs is 1. The van der Waals surface area contributed by atoms with Gasteiger partial charge < -0.3 is 18.9 Å². The highest BCUT2D eigenvalue weighted by Gasteiger charge is 2.26. The highest BCUT2D eigenvalue weighted by molar-refractivity contribution is 6.31. The lowest BCUT2D eigenvalue weighted by atomic mass is 10.1. The van der Waals surface area contributed by atoms with Crippen molar-refractivity contribution in [2.75, 3.05) is 32.8 Å². The maximum absolute atomic E-state index is 12.6. The Hall–Kier alpha value is -2.61. The van der Waals surface area contributed by atoms with E-state index in [1.807, 2.05) is 12.1 Å². The molecule has 1 aliphatic rings. The van der Waals surface area contributed by atoms with Gasteiger partial charge in [-0.05, 0) is 30.3 Å². The van der Waals surface area contributed by atoms with Gasteiger partial charge in [0.1, 0.15) is 11.3 Å². The van der Waals surface area contributed by atoms with Crippen LogP contribution in [0.4, 0.5) is 0 Å². The molecule has 28 heavy (non-hydrogen) atoms. The molecule has 1 aromatic carbocycles. The normalized spacial score (nSPS) is 16.2. The van der Waals surface area contributed by atoms with Crippen LogP contribution < -0.4 is 10.7 Å². The Balaban J connectivity index is 1.53. The van der Waals surface area contributed by atoms with E-state index in [-0.39, 0.29) is 17.2 Å². The van der Waals surface area contributed by atoms with Crippen molar-refractivity contribution in [3.05, 3.63) is 69.4 Å². The number of furan rings is 1. The topological polar surface area (TPSA) is 84.9 Å². The third-order valence-corrected chi connectivity index (χ3v) is 4.96. The summed E-state index contributed by atoms with van der Waals surface area (Å²) < 4.78 is 16.6. The first-order valence-electron chi connectivity index (χ1n) is 8.98. The smallest absolute Gasteiger partial charge is 0.287 e. The minimum atomic E-state index is -0.459. The molecule has 1 unspecified atom stereocenters. The van der Waals surface area contributed by atoms with E-state index in [0.717, 1.165) is 18.8 Å². The fourth-order valence-corrected chi connectivity index (χ4v) is 3.47. The van der Waals surface area contributed by atoms with Crippen molar-refractivity contribution in [2.24, 2.45) is 0 Å². The minimum absolute atomic E-state index is 0.0417. The van der Waals surface area contributed by atoms with Crippen LogP contribution in [-0.2, 0) is 4.74 Å². The number of ether oxygens (including phenoxy) is 1. The molecule has 0 spiro atoms. The van der Waals surface area contributed by atoms with Gasteiger partial charge in [0.05, 0.1) is 30.9 Å². The van der Waals surface area contributed by atoms with Crippen LogP contribution >= 0.6 is 11.6 Å². The summed E-state index contributed by atoms with van der Waals surface area (Å²) in [6.45, 7) is 3.06. The highest BCUT2D eigenvalue weighted by atomic mass is 35.5. The zero-order chi connectivity index (χ0) is 19.5. The second kappa shape index (κ2) is 8.18. The van der Waals surface area contributed by atoms with Gasteiger partial charge in [-0.25, -0.2) is 0 Å². The molecule has 1 aliphatic heterocycles. The lowest BCUT2D eigenvalue weighted by molar-refractivity contribution is 0.0117. The number of benzene rings is 1. The molecule has 0 bridgehead atoms. The zero-order valence-electron chi connectivity index (χ0n) is 15.0. The van der Waals surface area contributed by atoms with Crippen molar-refractivity contribution >= 4 is 28.5 Å². The quantitative estimate of drug-likeness (QED) is 0.706.